The number of nitrogens with one attached hydrogen (secondary N) is 1. The summed E-state index contributed by atoms with van der Waals surface area (Å²) in [5.41, 5.74) is 1.03. The molecule has 5 heteroatoms. The van der Waals surface area contributed by atoms with Crippen molar-refractivity contribution in [2.45, 2.75) is 44.9 Å². The summed E-state index contributed by atoms with van der Waals surface area (Å²) in [6, 6.07) is 7.72. The summed E-state index contributed by atoms with van der Waals surface area (Å²) in [6.45, 7) is 2.60. The summed E-state index contributed by atoms with van der Waals surface area (Å²) in [5, 5.41) is 11.4. The number of amides is 1. The molecule has 5 nitrogen and oxygen atoms in total. The molecule has 0 aromatic heterocycles. The first-order chi connectivity index (χ1) is 10.5. The van der Waals surface area contributed by atoms with Gasteiger partial charge in [-0.05, 0) is 30.4 Å². The van der Waals surface area contributed by atoms with E-state index in [0.29, 0.717) is 19.4 Å². The number of hydrogen-bond donors (Lipinski definition) is 2. The van der Waals surface area contributed by atoms with Crippen LogP contribution in [0.25, 0.3) is 0 Å². The summed E-state index contributed by atoms with van der Waals surface area (Å²) < 4.78 is 5.31. The Labute approximate surface area is 131 Å². The van der Waals surface area contributed by atoms with E-state index in [1.165, 1.54) is 0 Å². The van der Waals surface area contributed by atoms with Crippen LogP contribution in [0.3, 0.4) is 0 Å². The zero-order valence-electron chi connectivity index (χ0n) is 13.3. The SMILES string of the molecule is COc1ccccc1C(C)CC(=O)NCCCCCC(=O)O. The molecule has 1 unspecified atom stereocenters. The minimum atomic E-state index is -0.769. The summed E-state index contributed by atoms with van der Waals surface area (Å²) in [4.78, 5) is 22.3. The molecule has 22 heavy (non-hydrogen) atoms. The van der Waals surface area contributed by atoms with Crippen molar-refractivity contribution < 1.29 is 19.4 Å². The topological polar surface area (TPSA) is 75.6 Å². The minimum Gasteiger partial charge on any atom is -0.496 e. The van der Waals surface area contributed by atoms with Crippen LogP contribution < -0.4 is 10.1 Å². The Balaban J connectivity index is 2.28. The molecule has 122 valence electrons. The van der Waals surface area contributed by atoms with E-state index in [0.717, 1.165) is 24.2 Å². The fraction of sp³-hybridized carbons (Fsp3) is 0.529. The van der Waals surface area contributed by atoms with Crippen molar-refractivity contribution in [1.82, 2.24) is 5.32 Å². The number of carboxylic acid groups (broad SMARTS) is 1. The molecule has 0 spiro atoms. The Hall–Kier alpha value is -2.04. The fourth-order valence-electron chi connectivity index (χ4n) is 2.34. The number of benzene rings is 1. The maximum absolute atomic E-state index is 11.9. The quantitative estimate of drug-likeness (QED) is 0.652. The molecule has 0 aliphatic rings. The Bertz CT molecular complexity index is 487. The largest absolute Gasteiger partial charge is 0.496 e. The highest BCUT2D eigenvalue weighted by Gasteiger charge is 2.14. The van der Waals surface area contributed by atoms with Crippen LogP contribution in [0.2, 0.25) is 0 Å². The van der Waals surface area contributed by atoms with Gasteiger partial charge in [-0.2, -0.15) is 0 Å². The van der Waals surface area contributed by atoms with Crippen molar-refractivity contribution in [3.8, 4) is 5.75 Å². The van der Waals surface area contributed by atoms with Crippen molar-refractivity contribution >= 4 is 11.9 Å². The Morgan fingerprint density at radius 3 is 2.64 bits per heavy atom. The van der Waals surface area contributed by atoms with E-state index >= 15 is 0 Å². The molecule has 0 bridgehead atoms. The number of hydrogen-bond acceptors (Lipinski definition) is 3. The van der Waals surface area contributed by atoms with E-state index in [1.54, 1.807) is 7.11 Å². The lowest BCUT2D eigenvalue weighted by atomic mass is 9.96. The van der Waals surface area contributed by atoms with Gasteiger partial charge in [0.25, 0.3) is 0 Å². The molecule has 1 aromatic carbocycles. The Morgan fingerprint density at radius 1 is 1.23 bits per heavy atom. The number of rotatable bonds is 10. The van der Waals surface area contributed by atoms with Gasteiger partial charge >= 0.3 is 5.97 Å². The van der Waals surface area contributed by atoms with Crippen LogP contribution in [-0.2, 0) is 9.59 Å². The molecule has 0 heterocycles. The highest BCUT2D eigenvalue weighted by Crippen LogP contribution is 2.28. The predicted octanol–water partition coefficient (Wildman–Crippen LogP) is 2.95. The van der Waals surface area contributed by atoms with E-state index in [-0.39, 0.29) is 18.2 Å². The second-order valence-corrected chi connectivity index (χ2v) is 5.40. The van der Waals surface area contributed by atoms with Gasteiger partial charge in [-0.3, -0.25) is 9.59 Å². The molecule has 2 N–H and O–H groups in total. The number of para-hydroxylation sites is 1. The van der Waals surface area contributed by atoms with Crippen molar-refractivity contribution in [3.63, 3.8) is 0 Å². The van der Waals surface area contributed by atoms with Gasteiger partial charge in [0.05, 0.1) is 7.11 Å². The van der Waals surface area contributed by atoms with Crippen LogP contribution >= 0.6 is 0 Å². The lowest BCUT2D eigenvalue weighted by molar-refractivity contribution is -0.137. The summed E-state index contributed by atoms with van der Waals surface area (Å²) in [6.07, 6.45) is 2.88. The molecular formula is C17H25NO4. The van der Waals surface area contributed by atoms with Crippen molar-refractivity contribution in [1.29, 1.82) is 0 Å². The molecule has 1 rings (SSSR count). The van der Waals surface area contributed by atoms with E-state index in [2.05, 4.69) is 5.32 Å². The number of carbonyl (C=O) groups excluding carboxylic acids is 1. The Morgan fingerprint density at radius 2 is 1.95 bits per heavy atom. The van der Waals surface area contributed by atoms with Crippen LogP contribution in [0.1, 0.15) is 50.5 Å². The molecule has 0 saturated carbocycles. The second-order valence-electron chi connectivity index (χ2n) is 5.40. The van der Waals surface area contributed by atoms with Crippen LogP contribution in [0.15, 0.2) is 24.3 Å². The molecule has 0 aliphatic heterocycles. The van der Waals surface area contributed by atoms with Crippen LogP contribution in [0.4, 0.5) is 0 Å². The predicted molar refractivity (Wildman–Crippen MR) is 85.1 cm³/mol. The van der Waals surface area contributed by atoms with Crippen LogP contribution in [-0.4, -0.2) is 30.6 Å². The third-order valence-electron chi connectivity index (χ3n) is 3.55. The molecule has 1 aromatic rings. The molecular weight excluding hydrogens is 282 g/mol. The van der Waals surface area contributed by atoms with Gasteiger partial charge in [0.15, 0.2) is 0 Å². The van der Waals surface area contributed by atoms with Gasteiger partial charge < -0.3 is 15.2 Å². The van der Waals surface area contributed by atoms with Gasteiger partial charge in [-0.1, -0.05) is 31.5 Å². The number of ether oxygens (including phenoxy) is 1. The number of carboxylic acids is 1. The zero-order chi connectivity index (χ0) is 16.4. The lowest BCUT2D eigenvalue weighted by Crippen LogP contribution is -2.25. The second kappa shape index (κ2) is 9.82. The summed E-state index contributed by atoms with van der Waals surface area (Å²) in [5.74, 6) is 0.131. The molecule has 1 amide bonds. The molecule has 0 aliphatic carbocycles. The van der Waals surface area contributed by atoms with E-state index in [1.807, 2.05) is 31.2 Å². The van der Waals surface area contributed by atoms with E-state index in [9.17, 15) is 9.59 Å². The highest BCUT2D eigenvalue weighted by atomic mass is 16.5. The summed E-state index contributed by atoms with van der Waals surface area (Å²) in [7, 11) is 1.63. The lowest BCUT2D eigenvalue weighted by Gasteiger charge is -2.15. The first-order valence-electron chi connectivity index (χ1n) is 7.66. The standard InChI is InChI=1S/C17H25NO4/c1-13(14-8-5-6-9-15(14)22-2)12-16(19)18-11-7-3-4-10-17(20)21/h5-6,8-9,13H,3-4,7,10-12H2,1-2H3,(H,18,19)(H,20,21). The first kappa shape index (κ1) is 18.0. The average Bonchev–Trinajstić information content (AvgIpc) is 2.50. The molecule has 0 saturated heterocycles. The Kier molecular flexibility index (Phi) is 8.04. The highest BCUT2D eigenvalue weighted by molar-refractivity contribution is 5.76. The monoisotopic (exact) mass is 307 g/mol. The molecule has 0 radical (unpaired) electrons. The van der Waals surface area contributed by atoms with Gasteiger partial charge in [0.2, 0.25) is 5.91 Å². The maximum atomic E-state index is 11.9. The number of carbonyl (C=O) groups is 2. The third-order valence-corrected chi connectivity index (χ3v) is 3.55. The van der Waals surface area contributed by atoms with Gasteiger partial charge in [-0.15, -0.1) is 0 Å². The summed E-state index contributed by atoms with van der Waals surface area (Å²) >= 11 is 0. The van der Waals surface area contributed by atoms with E-state index < -0.39 is 5.97 Å². The van der Waals surface area contributed by atoms with Crippen molar-refractivity contribution in [2.75, 3.05) is 13.7 Å². The number of aliphatic carboxylic acids is 1. The van der Waals surface area contributed by atoms with Crippen LogP contribution in [0, 0.1) is 0 Å². The van der Waals surface area contributed by atoms with Gasteiger partial charge in [0.1, 0.15) is 5.75 Å². The van der Waals surface area contributed by atoms with E-state index in [4.69, 9.17) is 9.84 Å². The normalized spacial score (nSPS) is 11.7. The zero-order valence-corrected chi connectivity index (χ0v) is 13.3. The van der Waals surface area contributed by atoms with Gasteiger partial charge in [0, 0.05) is 19.4 Å². The van der Waals surface area contributed by atoms with Crippen LogP contribution in [0.5, 0.6) is 5.75 Å². The molecule has 0 fully saturated rings. The fourth-order valence-corrected chi connectivity index (χ4v) is 2.34. The average molecular weight is 307 g/mol. The van der Waals surface area contributed by atoms with Crippen molar-refractivity contribution in [3.05, 3.63) is 29.8 Å². The first-order valence-corrected chi connectivity index (χ1v) is 7.66. The maximum Gasteiger partial charge on any atom is 0.303 e. The van der Waals surface area contributed by atoms with Gasteiger partial charge in [-0.25, -0.2) is 0 Å². The third kappa shape index (κ3) is 6.61. The smallest absolute Gasteiger partial charge is 0.303 e. The van der Waals surface area contributed by atoms with Crippen molar-refractivity contribution in [2.24, 2.45) is 0 Å². The molecule has 1 atom stereocenters. The number of methoxy groups -OCH3 is 1. The number of unbranched alkanes of at least 4 members (excludes halogenated alkanes) is 2. The minimum absolute atomic E-state index is 0.0108.